The van der Waals surface area contributed by atoms with Crippen LogP contribution in [0.25, 0.3) is 10.8 Å². The molecular weight excluding hydrogens is 544 g/mol. The second kappa shape index (κ2) is 13.4. The molecule has 3 rings (SSSR count). The van der Waals surface area contributed by atoms with E-state index in [9.17, 15) is 27.3 Å². The number of urea groups is 1. The van der Waals surface area contributed by atoms with Gasteiger partial charge >= 0.3 is 19.9 Å². The van der Waals surface area contributed by atoms with Gasteiger partial charge in [-0.05, 0) is 48.6 Å². The number of ether oxygens (including phenoxy) is 1. The lowest BCUT2D eigenvalue weighted by Gasteiger charge is -2.28. The molecule has 0 aliphatic carbocycles. The van der Waals surface area contributed by atoms with Crippen LogP contribution in [0.15, 0.2) is 48.7 Å². The Morgan fingerprint density at radius 2 is 1.90 bits per heavy atom. The van der Waals surface area contributed by atoms with Crippen molar-refractivity contribution in [2.24, 2.45) is 0 Å². The summed E-state index contributed by atoms with van der Waals surface area (Å²) < 4.78 is 61.4. The monoisotopic (exact) mass is 570 g/mol. The summed E-state index contributed by atoms with van der Waals surface area (Å²) in [5.74, 6) is -2.54. The number of phosphoric acid groups is 1. The number of hydrogen-bond donors (Lipinski definition) is 4. The van der Waals surface area contributed by atoms with Crippen molar-refractivity contribution in [1.82, 2.24) is 15.2 Å². The van der Waals surface area contributed by atoms with Crippen LogP contribution in [0.1, 0.15) is 18.4 Å². The van der Waals surface area contributed by atoms with Gasteiger partial charge in [0.2, 0.25) is 0 Å². The number of anilines is 1. The number of nitrogens with zero attached hydrogens (tertiary/aromatic N) is 2. The second-order valence-corrected chi connectivity index (χ2v) is 9.63. The molecule has 0 aliphatic heterocycles. The van der Waals surface area contributed by atoms with Crippen molar-refractivity contribution in [3.8, 4) is 0 Å². The van der Waals surface area contributed by atoms with Crippen molar-refractivity contribution in [2.45, 2.75) is 25.4 Å². The first-order valence-corrected chi connectivity index (χ1v) is 13.1. The number of nitrogens with one attached hydrogen (secondary N) is 2. The summed E-state index contributed by atoms with van der Waals surface area (Å²) in [5, 5.41) is 5.99. The van der Waals surface area contributed by atoms with Gasteiger partial charge in [0.05, 0.1) is 12.6 Å². The normalized spacial score (nSPS) is 12.2. The zero-order chi connectivity index (χ0) is 28.6. The number of fused-ring (bicyclic) bond motifs is 1. The number of carbonyl (C=O) groups is 2. The van der Waals surface area contributed by atoms with Crippen molar-refractivity contribution < 1.29 is 46.4 Å². The van der Waals surface area contributed by atoms with Crippen LogP contribution < -0.4 is 10.6 Å². The van der Waals surface area contributed by atoms with Crippen molar-refractivity contribution in [1.29, 1.82) is 0 Å². The zero-order valence-electron chi connectivity index (χ0n) is 20.6. The largest absolute Gasteiger partial charge is 0.469 e. The van der Waals surface area contributed by atoms with Crippen LogP contribution in [-0.4, -0.2) is 58.1 Å². The number of phosphoric ester groups is 1. The summed E-state index contributed by atoms with van der Waals surface area (Å²) in [6.45, 7) is -1.01. The Labute approximate surface area is 221 Å². The number of hydrogen-bond acceptors (Lipinski definition) is 6. The Morgan fingerprint density at radius 1 is 1.13 bits per heavy atom. The Balaban J connectivity index is 1.61. The average molecular weight is 570 g/mol. The molecule has 0 aliphatic rings. The fraction of sp³-hybridized carbons (Fsp3) is 0.292. The summed E-state index contributed by atoms with van der Waals surface area (Å²) in [7, 11) is -3.33. The standard InChI is InChI=1S/C24H26F3N4O7P/c1-31(23(32)29-13-16-4-2-6-20(26)22(16)27)19(5-3-9-38-39(34,35)36)14-37-24(33)30-21-11-17-10-18(25)8-7-15(17)12-28-21/h2,4,6-8,10-12,19H,3,5,9,13-14H2,1H3,(H,29,32)(H,28,30,33)(H2,34,35,36)/t19-/m0/s1. The molecule has 3 aromatic rings. The maximum Gasteiger partial charge on any atom is 0.469 e. The predicted molar refractivity (Wildman–Crippen MR) is 134 cm³/mol. The van der Waals surface area contributed by atoms with Crippen LogP contribution in [0.5, 0.6) is 0 Å². The summed E-state index contributed by atoms with van der Waals surface area (Å²) in [6.07, 6.45) is 0.687. The van der Waals surface area contributed by atoms with Gasteiger partial charge in [0, 0.05) is 30.7 Å². The van der Waals surface area contributed by atoms with Gasteiger partial charge in [0.1, 0.15) is 18.2 Å². The molecular formula is C24H26F3N4O7P. The first-order valence-electron chi connectivity index (χ1n) is 11.6. The van der Waals surface area contributed by atoms with Crippen LogP contribution in [0.2, 0.25) is 0 Å². The van der Waals surface area contributed by atoms with E-state index in [1.165, 1.54) is 49.6 Å². The number of pyridine rings is 1. The fourth-order valence-electron chi connectivity index (χ4n) is 3.53. The van der Waals surface area contributed by atoms with E-state index in [4.69, 9.17) is 14.5 Å². The van der Waals surface area contributed by atoms with Gasteiger partial charge in [-0.1, -0.05) is 12.1 Å². The van der Waals surface area contributed by atoms with Gasteiger partial charge < -0.3 is 24.7 Å². The van der Waals surface area contributed by atoms with E-state index in [0.29, 0.717) is 10.8 Å². The highest BCUT2D eigenvalue weighted by atomic mass is 31.2. The topological polar surface area (TPSA) is 150 Å². The van der Waals surface area contributed by atoms with Crippen LogP contribution in [0.4, 0.5) is 28.6 Å². The molecule has 1 atom stereocenters. The zero-order valence-corrected chi connectivity index (χ0v) is 21.5. The van der Waals surface area contributed by atoms with Crippen molar-refractivity contribution >= 4 is 36.5 Å². The lowest BCUT2D eigenvalue weighted by atomic mass is 10.1. The summed E-state index contributed by atoms with van der Waals surface area (Å²) in [4.78, 5) is 48.0. The minimum absolute atomic E-state index is 0.0781. The van der Waals surface area contributed by atoms with Gasteiger partial charge in [0.15, 0.2) is 11.6 Å². The first kappa shape index (κ1) is 29.8. The minimum atomic E-state index is -4.70. The van der Waals surface area contributed by atoms with Gasteiger partial charge in [-0.2, -0.15) is 0 Å². The molecule has 0 saturated carbocycles. The number of amides is 3. The van der Waals surface area contributed by atoms with Crippen molar-refractivity contribution in [2.75, 3.05) is 25.6 Å². The Kier molecular flexibility index (Phi) is 10.2. The van der Waals surface area contributed by atoms with E-state index in [1.807, 2.05) is 0 Å². The third kappa shape index (κ3) is 9.21. The van der Waals surface area contributed by atoms with E-state index in [-0.39, 0.29) is 44.0 Å². The van der Waals surface area contributed by atoms with Crippen LogP contribution in [0.3, 0.4) is 0 Å². The third-order valence-corrected chi connectivity index (χ3v) is 6.11. The van der Waals surface area contributed by atoms with Crippen LogP contribution in [-0.2, 0) is 20.4 Å². The molecule has 4 N–H and O–H groups in total. The Bertz CT molecular complexity index is 1370. The van der Waals surface area contributed by atoms with Gasteiger partial charge in [-0.25, -0.2) is 32.3 Å². The van der Waals surface area contributed by atoms with Gasteiger partial charge in [-0.15, -0.1) is 0 Å². The van der Waals surface area contributed by atoms with E-state index in [2.05, 4.69) is 20.1 Å². The molecule has 0 spiro atoms. The molecule has 1 heterocycles. The number of benzene rings is 2. The molecule has 15 heteroatoms. The lowest BCUT2D eigenvalue weighted by molar-refractivity contribution is 0.109. The minimum Gasteiger partial charge on any atom is -0.447 e. The highest BCUT2D eigenvalue weighted by Crippen LogP contribution is 2.35. The molecule has 11 nitrogen and oxygen atoms in total. The molecule has 3 amide bonds. The number of aromatic nitrogens is 1. The number of rotatable bonds is 11. The fourth-order valence-corrected chi connectivity index (χ4v) is 3.90. The summed E-state index contributed by atoms with van der Waals surface area (Å²) >= 11 is 0. The molecule has 2 aromatic carbocycles. The molecule has 0 saturated heterocycles. The molecule has 210 valence electrons. The predicted octanol–water partition coefficient (Wildman–Crippen LogP) is 4.30. The number of likely N-dealkylation sites (N-methyl/N-ethyl adjacent to an activating group) is 1. The molecule has 1 aromatic heterocycles. The quantitative estimate of drug-likeness (QED) is 0.197. The Morgan fingerprint density at radius 3 is 2.64 bits per heavy atom. The second-order valence-electron chi connectivity index (χ2n) is 8.39. The van der Waals surface area contributed by atoms with Crippen molar-refractivity contribution in [3.05, 3.63) is 71.7 Å². The summed E-state index contributed by atoms with van der Waals surface area (Å²) in [5.41, 5.74) is -0.0817. The molecule has 39 heavy (non-hydrogen) atoms. The van der Waals surface area contributed by atoms with Crippen LogP contribution in [0, 0.1) is 17.5 Å². The Hall–Kier alpha value is -3.71. The van der Waals surface area contributed by atoms with E-state index in [1.54, 1.807) is 0 Å². The number of carbonyl (C=O) groups excluding carboxylic acids is 2. The van der Waals surface area contributed by atoms with Gasteiger partial charge in [0.25, 0.3) is 0 Å². The molecule has 0 unspecified atom stereocenters. The lowest BCUT2D eigenvalue weighted by Crippen LogP contribution is -2.46. The van der Waals surface area contributed by atoms with Gasteiger partial charge in [-0.3, -0.25) is 9.84 Å². The highest BCUT2D eigenvalue weighted by molar-refractivity contribution is 7.46. The van der Waals surface area contributed by atoms with Crippen LogP contribution >= 0.6 is 7.82 Å². The highest BCUT2D eigenvalue weighted by Gasteiger charge is 2.23. The molecule has 0 fully saturated rings. The van der Waals surface area contributed by atoms with E-state index >= 15 is 0 Å². The van der Waals surface area contributed by atoms with E-state index in [0.717, 1.165) is 11.0 Å². The number of halogens is 3. The average Bonchev–Trinajstić information content (AvgIpc) is 2.87. The SMILES string of the molecule is CN(C(=O)NCc1cccc(F)c1F)[C@@H](CCCOP(=O)(O)O)COC(=O)Nc1cc2cc(F)ccc2cn1. The molecule has 0 bridgehead atoms. The van der Waals surface area contributed by atoms with E-state index < -0.39 is 43.4 Å². The smallest absolute Gasteiger partial charge is 0.447 e. The maximum absolute atomic E-state index is 13.9. The molecule has 0 radical (unpaired) electrons. The third-order valence-electron chi connectivity index (χ3n) is 5.59. The first-order chi connectivity index (χ1) is 18.4. The summed E-state index contributed by atoms with van der Waals surface area (Å²) in [6, 6.07) is 7.56. The maximum atomic E-state index is 13.9. The van der Waals surface area contributed by atoms with Crippen molar-refractivity contribution in [3.63, 3.8) is 0 Å².